The normalized spacial score (nSPS) is 11.8. The van der Waals surface area contributed by atoms with Crippen LogP contribution in [0.3, 0.4) is 0 Å². The second-order valence-electron chi connectivity index (χ2n) is 7.60. The molecule has 0 saturated carbocycles. The van der Waals surface area contributed by atoms with Crippen molar-refractivity contribution < 1.29 is 0 Å². The van der Waals surface area contributed by atoms with E-state index in [1.54, 1.807) is 0 Å². The average Bonchev–Trinajstić information content (AvgIpc) is 3.17. The number of aromatic nitrogens is 2. The van der Waals surface area contributed by atoms with Crippen molar-refractivity contribution in [3.8, 4) is 0 Å². The van der Waals surface area contributed by atoms with Gasteiger partial charge in [-0.1, -0.05) is 24.3 Å². The summed E-state index contributed by atoms with van der Waals surface area (Å²) in [6.07, 6.45) is 4.89. The molecule has 2 rings (SSSR count). The van der Waals surface area contributed by atoms with Crippen molar-refractivity contribution >= 4 is 29.9 Å². The van der Waals surface area contributed by atoms with Gasteiger partial charge in [-0.15, -0.1) is 24.0 Å². The summed E-state index contributed by atoms with van der Waals surface area (Å²) in [6.45, 7) is 12.5. The maximum absolute atomic E-state index is 4.36. The molecule has 0 aliphatic rings. The number of benzene rings is 1. The highest BCUT2D eigenvalue weighted by atomic mass is 127. The fourth-order valence-electron chi connectivity index (χ4n) is 3.43. The molecule has 0 aliphatic carbocycles. The van der Waals surface area contributed by atoms with Crippen molar-refractivity contribution in [3.05, 3.63) is 53.9 Å². The molecule has 1 aromatic heterocycles. The maximum Gasteiger partial charge on any atom is 0.191 e. The van der Waals surface area contributed by atoms with Crippen LogP contribution in [0.2, 0.25) is 0 Å². The van der Waals surface area contributed by atoms with E-state index in [9.17, 15) is 0 Å². The van der Waals surface area contributed by atoms with Crippen LogP contribution in [-0.2, 0) is 13.1 Å². The van der Waals surface area contributed by atoms with Gasteiger partial charge in [0.1, 0.15) is 0 Å². The first-order valence-corrected chi connectivity index (χ1v) is 10.3. The third-order valence-electron chi connectivity index (χ3n) is 4.89. The zero-order valence-corrected chi connectivity index (χ0v) is 20.8. The lowest BCUT2D eigenvalue weighted by Gasteiger charge is -2.30. The Labute approximate surface area is 193 Å². The molecule has 0 unspecified atom stereocenters. The van der Waals surface area contributed by atoms with E-state index in [-0.39, 0.29) is 24.0 Å². The molecule has 2 aromatic rings. The van der Waals surface area contributed by atoms with Crippen LogP contribution in [0.5, 0.6) is 0 Å². The Hall–Kier alpha value is -1.61. The van der Waals surface area contributed by atoms with Gasteiger partial charge < -0.3 is 10.6 Å². The lowest BCUT2D eigenvalue weighted by atomic mass is 10.1. The smallest absolute Gasteiger partial charge is 0.191 e. The number of aliphatic imine (C=N–C) groups is 1. The van der Waals surface area contributed by atoms with Crippen LogP contribution >= 0.6 is 24.0 Å². The molecular formula is C22H37IN6. The summed E-state index contributed by atoms with van der Waals surface area (Å²) >= 11 is 0. The molecule has 0 amide bonds. The highest BCUT2D eigenvalue weighted by Crippen LogP contribution is 2.10. The van der Waals surface area contributed by atoms with Crippen molar-refractivity contribution in [2.75, 3.05) is 20.1 Å². The summed E-state index contributed by atoms with van der Waals surface area (Å²) in [5, 5.41) is 11.2. The predicted molar refractivity (Wildman–Crippen MR) is 133 cm³/mol. The Morgan fingerprint density at radius 1 is 1.07 bits per heavy atom. The molecule has 0 spiro atoms. The van der Waals surface area contributed by atoms with Crippen molar-refractivity contribution in [1.82, 2.24) is 25.3 Å². The molecule has 1 heterocycles. The Balaban J connectivity index is 0.00000420. The van der Waals surface area contributed by atoms with E-state index in [0.29, 0.717) is 12.1 Å². The second-order valence-corrected chi connectivity index (χ2v) is 7.60. The van der Waals surface area contributed by atoms with E-state index in [0.717, 1.165) is 38.6 Å². The van der Waals surface area contributed by atoms with Crippen molar-refractivity contribution in [2.45, 2.75) is 59.3 Å². The summed E-state index contributed by atoms with van der Waals surface area (Å²) in [5.41, 5.74) is 2.52. The number of hydrogen-bond acceptors (Lipinski definition) is 3. The molecule has 0 atom stereocenters. The van der Waals surface area contributed by atoms with Gasteiger partial charge in [-0.2, -0.15) is 5.10 Å². The zero-order chi connectivity index (χ0) is 20.4. The number of rotatable bonds is 10. The van der Waals surface area contributed by atoms with Crippen LogP contribution < -0.4 is 10.6 Å². The van der Waals surface area contributed by atoms with E-state index in [1.165, 1.54) is 11.1 Å². The number of halogens is 1. The molecule has 29 heavy (non-hydrogen) atoms. The van der Waals surface area contributed by atoms with Crippen LogP contribution in [0.1, 0.15) is 45.2 Å². The molecule has 2 N–H and O–H groups in total. The summed E-state index contributed by atoms with van der Waals surface area (Å²) in [5.74, 6) is 0.842. The molecule has 0 saturated heterocycles. The van der Waals surface area contributed by atoms with Gasteiger partial charge in [-0.05, 0) is 51.3 Å². The Morgan fingerprint density at radius 2 is 1.76 bits per heavy atom. The molecule has 0 fully saturated rings. The Bertz CT molecular complexity index is 704. The van der Waals surface area contributed by atoms with Crippen LogP contribution in [0.4, 0.5) is 0 Å². The molecule has 7 heteroatoms. The number of guanidine groups is 1. The van der Waals surface area contributed by atoms with Gasteiger partial charge in [0.05, 0.1) is 6.54 Å². The third-order valence-corrected chi connectivity index (χ3v) is 4.89. The summed E-state index contributed by atoms with van der Waals surface area (Å²) in [4.78, 5) is 6.88. The minimum Gasteiger partial charge on any atom is -0.356 e. The molecule has 162 valence electrons. The first-order valence-electron chi connectivity index (χ1n) is 10.3. The monoisotopic (exact) mass is 512 g/mol. The molecule has 0 aliphatic heterocycles. The quantitative estimate of drug-likeness (QED) is 0.221. The van der Waals surface area contributed by atoms with E-state index >= 15 is 0 Å². The minimum atomic E-state index is 0. The highest BCUT2D eigenvalue weighted by molar-refractivity contribution is 14.0. The standard InChI is InChI=1S/C22H36N6.HI/c1-18(2)28(19(3)4)15-8-12-24-22(23-5)25-16-20-10-6-7-11-21(20)17-27-14-9-13-26-27;/h6-7,9-11,13-14,18-19H,8,12,15-17H2,1-5H3,(H2,23,24,25);1H. The number of hydrogen-bond donors (Lipinski definition) is 2. The van der Waals surface area contributed by atoms with Gasteiger partial charge in [-0.3, -0.25) is 14.6 Å². The minimum absolute atomic E-state index is 0. The van der Waals surface area contributed by atoms with Crippen molar-refractivity contribution in [2.24, 2.45) is 4.99 Å². The maximum atomic E-state index is 4.36. The van der Waals surface area contributed by atoms with Gasteiger partial charge in [0.2, 0.25) is 0 Å². The van der Waals surface area contributed by atoms with Gasteiger partial charge in [0.15, 0.2) is 5.96 Å². The highest BCUT2D eigenvalue weighted by Gasteiger charge is 2.12. The Kier molecular flexibility index (Phi) is 11.9. The number of nitrogens with zero attached hydrogens (tertiary/aromatic N) is 4. The fraction of sp³-hybridized carbons (Fsp3) is 0.545. The van der Waals surface area contributed by atoms with E-state index in [4.69, 9.17) is 0 Å². The van der Waals surface area contributed by atoms with Crippen LogP contribution in [0.25, 0.3) is 0 Å². The van der Waals surface area contributed by atoms with Gasteiger partial charge >= 0.3 is 0 Å². The summed E-state index contributed by atoms with van der Waals surface area (Å²) in [7, 11) is 1.82. The Morgan fingerprint density at radius 3 is 2.34 bits per heavy atom. The van der Waals surface area contributed by atoms with Crippen molar-refractivity contribution in [3.63, 3.8) is 0 Å². The third kappa shape index (κ3) is 8.74. The lowest BCUT2D eigenvalue weighted by Crippen LogP contribution is -2.41. The fourth-order valence-corrected chi connectivity index (χ4v) is 3.43. The molecule has 0 radical (unpaired) electrons. The largest absolute Gasteiger partial charge is 0.356 e. The average molecular weight is 512 g/mol. The van der Waals surface area contributed by atoms with Crippen LogP contribution in [0.15, 0.2) is 47.7 Å². The van der Waals surface area contributed by atoms with Gasteiger partial charge in [0, 0.05) is 51.2 Å². The van der Waals surface area contributed by atoms with Crippen LogP contribution in [0, 0.1) is 0 Å². The molecule has 0 bridgehead atoms. The first kappa shape index (κ1) is 25.4. The van der Waals surface area contributed by atoms with E-state index in [1.807, 2.05) is 30.2 Å². The first-order chi connectivity index (χ1) is 13.5. The second kappa shape index (κ2) is 13.6. The predicted octanol–water partition coefficient (Wildman–Crippen LogP) is 3.72. The molecule has 1 aromatic carbocycles. The molecule has 6 nitrogen and oxygen atoms in total. The number of nitrogens with one attached hydrogen (secondary N) is 2. The SMILES string of the molecule is CN=C(NCCCN(C(C)C)C(C)C)NCc1ccccc1Cn1cccn1.I. The summed E-state index contributed by atoms with van der Waals surface area (Å²) < 4.78 is 1.95. The summed E-state index contributed by atoms with van der Waals surface area (Å²) in [6, 6.07) is 11.6. The van der Waals surface area contributed by atoms with E-state index in [2.05, 4.69) is 77.6 Å². The molecular weight excluding hydrogens is 475 g/mol. The lowest BCUT2D eigenvalue weighted by molar-refractivity contribution is 0.173. The zero-order valence-electron chi connectivity index (χ0n) is 18.4. The van der Waals surface area contributed by atoms with Crippen LogP contribution in [-0.4, -0.2) is 52.9 Å². The topological polar surface area (TPSA) is 57.5 Å². The van der Waals surface area contributed by atoms with Gasteiger partial charge in [0.25, 0.3) is 0 Å². The van der Waals surface area contributed by atoms with Crippen molar-refractivity contribution in [1.29, 1.82) is 0 Å². The van der Waals surface area contributed by atoms with Gasteiger partial charge in [-0.25, -0.2) is 0 Å². The van der Waals surface area contributed by atoms with E-state index < -0.39 is 0 Å².